The van der Waals surface area contributed by atoms with E-state index in [9.17, 15) is 30.0 Å². The molecule has 1 atom stereocenters. The number of hydrogen-bond donors (Lipinski definition) is 4. The molecule has 6 aromatic rings. The monoisotopic (exact) mass is 1040 g/mol. The van der Waals surface area contributed by atoms with Crippen LogP contribution in [0, 0.1) is 10.7 Å². The molecule has 4 N–H and O–H groups in total. The van der Waals surface area contributed by atoms with Gasteiger partial charge < -0.3 is 39.4 Å². The topological polar surface area (TPSA) is 152 Å². The molecule has 4 aliphatic rings. The van der Waals surface area contributed by atoms with Gasteiger partial charge in [0.1, 0.15) is 34.5 Å². The predicted molar refractivity (Wildman–Crippen MR) is 214 cm³/mol. The molecule has 0 amide bonds. The lowest BCUT2D eigenvalue weighted by Gasteiger charge is -2.37. The first-order valence-corrected chi connectivity index (χ1v) is 19.1. The van der Waals surface area contributed by atoms with E-state index in [0.717, 1.165) is 0 Å². The molecular formula is C40H21I3O10. The Morgan fingerprint density at radius 1 is 0.491 bits per heavy atom. The summed E-state index contributed by atoms with van der Waals surface area (Å²) in [7, 11) is 0. The van der Waals surface area contributed by atoms with Crippen molar-refractivity contribution in [1.29, 1.82) is 0 Å². The van der Waals surface area contributed by atoms with E-state index in [1.54, 1.807) is 54.6 Å². The van der Waals surface area contributed by atoms with Crippen LogP contribution in [-0.2, 0) is 20.7 Å². The predicted octanol–water partition coefficient (Wildman–Crippen LogP) is 9.15. The molecule has 1 unspecified atom stereocenters. The fraction of sp³-hybridized carbons (Fsp3) is 0.0500. The molecule has 4 heterocycles. The van der Waals surface area contributed by atoms with Gasteiger partial charge in [-0.1, -0.05) is 36.4 Å². The third-order valence-electron chi connectivity index (χ3n) is 9.64. The molecule has 0 saturated carbocycles. The molecule has 2 spiro atoms. The number of hydrogen-bond acceptors (Lipinski definition) is 10. The summed E-state index contributed by atoms with van der Waals surface area (Å²) in [4.78, 5) is 25.3. The molecule has 0 saturated heterocycles. The van der Waals surface area contributed by atoms with Gasteiger partial charge in [0.15, 0.2) is 22.7 Å². The summed E-state index contributed by atoms with van der Waals surface area (Å²) < 4.78 is 25.7. The molecule has 13 heteroatoms. The highest BCUT2D eigenvalue weighted by molar-refractivity contribution is 14.1. The Labute approximate surface area is 341 Å². The van der Waals surface area contributed by atoms with Crippen molar-refractivity contribution in [3.8, 4) is 46.0 Å². The average molecular weight is 1040 g/mol. The lowest BCUT2D eigenvalue weighted by atomic mass is 9.77. The number of aromatic hydroxyl groups is 4. The Balaban J connectivity index is 0.000000141. The molecule has 4 aliphatic heterocycles. The maximum Gasteiger partial charge on any atom is 0.340 e. The van der Waals surface area contributed by atoms with Crippen molar-refractivity contribution in [2.45, 2.75) is 11.2 Å². The SMILES string of the molecule is O=C1OC2(c3ccc(O)cc3Oc3cc(O)ccc32)c2ccccc21.O=C1OC2(c3ccccc31)c1ccc(O)c(I)c1Oc1c2cc(I)c(O)c1I. The first-order chi connectivity index (χ1) is 25.5. The zero-order chi connectivity index (χ0) is 37.0. The zero-order valence-electron chi connectivity index (χ0n) is 26.7. The van der Waals surface area contributed by atoms with Gasteiger partial charge >= 0.3 is 11.9 Å². The van der Waals surface area contributed by atoms with E-state index in [4.69, 9.17) is 18.9 Å². The fourth-order valence-corrected chi connectivity index (χ4v) is 9.76. The number of carbonyl (C=O) groups excluding carboxylic acids is 2. The summed E-state index contributed by atoms with van der Waals surface area (Å²) in [6.07, 6.45) is 0. The van der Waals surface area contributed by atoms with Crippen LogP contribution in [0.1, 0.15) is 54.1 Å². The van der Waals surface area contributed by atoms with Crippen LogP contribution in [0.5, 0.6) is 46.0 Å². The number of carbonyl (C=O) groups is 2. The minimum Gasteiger partial charge on any atom is -0.508 e. The molecule has 0 bridgehead atoms. The number of halogens is 3. The molecule has 0 aromatic heterocycles. The van der Waals surface area contributed by atoms with E-state index < -0.39 is 23.1 Å². The number of phenols is 4. The summed E-state index contributed by atoms with van der Waals surface area (Å²) in [6.45, 7) is 0. The Morgan fingerprint density at radius 3 is 1.55 bits per heavy atom. The van der Waals surface area contributed by atoms with E-state index in [1.807, 2.05) is 69.4 Å². The maximum absolute atomic E-state index is 12.8. The van der Waals surface area contributed by atoms with Crippen LogP contribution < -0.4 is 9.47 Å². The van der Waals surface area contributed by atoms with Crippen LogP contribution in [0.25, 0.3) is 0 Å². The van der Waals surface area contributed by atoms with Gasteiger partial charge in [-0.05, 0) is 122 Å². The average Bonchev–Trinajstić information content (AvgIpc) is 3.61. The number of fused-ring (bicyclic) bond motifs is 12. The maximum atomic E-state index is 12.8. The molecule has 10 rings (SSSR count). The first kappa shape index (κ1) is 34.0. The van der Waals surface area contributed by atoms with E-state index in [1.165, 1.54) is 24.3 Å². The second-order valence-electron chi connectivity index (χ2n) is 12.5. The van der Waals surface area contributed by atoms with Gasteiger partial charge in [0, 0.05) is 39.9 Å². The van der Waals surface area contributed by atoms with Crippen molar-refractivity contribution < 1.29 is 49.0 Å². The Kier molecular flexibility index (Phi) is 7.80. The van der Waals surface area contributed by atoms with Crippen LogP contribution in [0.2, 0.25) is 0 Å². The van der Waals surface area contributed by atoms with Crippen LogP contribution >= 0.6 is 67.8 Å². The summed E-state index contributed by atoms with van der Waals surface area (Å²) in [5.74, 6) is 0.989. The molecule has 53 heavy (non-hydrogen) atoms. The standard InChI is InChI=1S/C20H9I3O5.C20H12O5/c21-12-7-11-18(15(23)16(12)25)27-17-10(5-6-13(24)14(17)22)20(11)9-4-2-1-3-8(9)19(26)28-20;21-11-5-7-15-17(9-11)24-18-10-12(22)6-8-16(18)20(15)14-4-2-1-3-13(14)19(23)25-20/h1-7,24-25H;1-10,21-22H. The van der Waals surface area contributed by atoms with Gasteiger partial charge in [-0.2, -0.15) is 0 Å². The Hall–Kier alpha value is -4.75. The van der Waals surface area contributed by atoms with Crippen LogP contribution in [-0.4, -0.2) is 32.4 Å². The van der Waals surface area contributed by atoms with Gasteiger partial charge in [0.25, 0.3) is 0 Å². The van der Waals surface area contributed by atoms with Crippen LogP contribution in [0.3, 0.4) is 0 Å². The minimum atomic E-state index is -1.21. The van der Waals surface area contributed by atoms with Gasteiger partial charge in [-0.3, -0.25) is 0 Å². The van der Waals surface area contributed by atoms with Crippen molar-refractivity contribution in [3.05, 3.63) is 158 Å². The number of rotatable bonds is 0. The summed E-state index contributed by atoms with van der Waals surface area (Å²) >= 11 is 6.08. The highest BCUT2D eigenvalue weighted by Gasteiger charge is 2.55. The van der Waals surface area contributed by atoms with Crippen molar-refractivity contribution in [2.24, 2.45) is 0 Å². The number of ether oxygens (including phenoxy) is 4. The third kappa shape index (κ3) is 4.78. The van der Waals surface area contributed by atoms with E-state index in [2.05, 4.69) is 22.6 Å². The quantitative estimate of drug-likeness (QED) is 0.0857. The first-order valence-electron chi connectivity index (χ1n) is 15.9. The largest absolute Gasteiger partial charge is 0.508 e. The summed E-state index contributed by atoms with van der Waals surface area (Å²) in [5.41, 5.74) is 2.56. The lowest BCUT2D eigenvalue weighted by molar-refractivity contribution is 0.0213. The summed E-state index contributed by atoms with van der Waals surface area (Å²) in [6, 6.07) is 28.9. The van der Waals surface area contributed by atoms with E-state index in [-0.39, 0.29) is 23.0 Å². The van der Waals surface area contributed by atoms with Crippen molar-refractivity contribution in [2.75, 3.05) is 0 Å². The fourth-order valence-electron chi connectivity index (χ4n) is 7.39. The second-order valence-corrected chi connectivity index (χ2v) is 15.8. The van der Waals surface area contributed by atoms with E-state index in [0.29, 0.717) is 78.2 Å². The normalized spacial score (nSPS) is 17.4. The molecule has 10 nitrogen and oxygen atoms in total. The van der Waals surface area contributed by atoms with E-state index >= 15 is 0 Å². The molecule has 6 aromatic carbocycles. The lowest BCUT2D eigenvalue weighted by Crippen LogP contribution is -2.33. The van der Waals surface area contributed by atoms with Gasteiger partial charge in [-0.15, -0.1) is 0 Å². The number of esters is 2. The highest BCUT2D eigenvalue weighted by Crippen LogP contribution is 2.60. The van der Waals surface area contributed by atoms with Crippen molar-refractivity contribution in [1.82, 2.24) is 0 Å². The summed E-state index contributed by atoms with van der Waals surface area (Å²) in [5, 5.41) is 40.3. The van der Waals surface area contributed by atoms with Crippen LogP contribution in [0.4, 0.5) is 0 Å². The van der Waals surface area contributed by atoms with Crippen molar-refractivity contribution >= 4 is 79.7 Å². The second kappa shape index (κ2) is 12.1. The number of benzene rings is 6. The molecule has 262 valence electrons. The molecule has 0 radical (unpaired) electrons. The highest BCUT2D eigenvalue weighted by atomic mass is 127. The smallest absolute Gasteiger partial charge is 0.340 e. The van der Waals surface area contributed by atoms with Crippen molar-refractivity contribution in [3.63, 3.8) is 0 Å². The minimum absolute atomic E-state index is 0.0371. The third-order valence-corrected chi connectivity index (χ3v) is 12.5. The molecule has 0 fully saturated rings. The Morgan fingerprint density at radius 2 is 0.981 bits per heavy atom. The Bertz CT molecular complexity index is 2570. The van der Waals surface area contributed by atoms with Gasteiger partial charge in [0.05, 0.1) is 27.4 Å². The van der Waals surface area contributed by atoms with Crippen LogP contribution in [0.15, 0.2) is 103 Å². The molecular weight excluding hydrogens is 1020 g/mol. The molecule has 0 aliphatic carbocycles. The zero-order valence-corrected chi connectivity index (χ0v) is 33.2. The van der Waals surface area contributed by atoms with Gasteiger partial charge in [-0.25, -0.2) is 9.59 Å². The van der Waals surface area contributed by atoms with Gasteiger partial charge in [0.2, 0.25) is 0 Å². The number of phenolic OH excluding ortho intramolecular Hbond substituents is 4.